The molecule has 0 saturated carbocycles. The minimum atomic E-state index is 0.945. The van der Waals surface area contributed by atoms with Crippen LogP contribution < -0.4 is 4.74 Å². The first kappa shape index (κ1) is 22.4. The average molecular weight is 365 g/mol. The Kier molecular flexibility index (Phi) is 15.1. The van der Waals surface area contributed by atoms with Crippen molar-refractivity contribution in [1.82, 2.24) is 0 Å². The van der Waals surface area contributed by atoms with Gasteiger partial charge < -0.3 is 4.74 Å². The van der Waals surface area contributed by atoms with Gasteiger partial charge in [0, 0.05) is 4.90 Å². The Bertz CT molecular complexity index is 388. The number of methoxy groups -OCH3 is 1. The van der Waals surface area contributed by atoms with E-state index in [2.05, 4.69) is 19.1 Å². The second-order valence-corrected chi connectivity index (χ2v) is 8.29. The molecule has 1 nitrogen and oxygen atoms in total. The van der Waals surface area contributed by atoms with Gasteiger partial charge in [-0.1, -0.05) is 90.4 Å². The predicted molar refractivity (Wildman–Crippen MR) is 114 cm³/mol. The van der Waals surface area contributed by atoms with Crippen molar-refractivity contribution >= 4 is 11.8 Å². The molecule has 2 heteroatoms. The Morgan fingerprint density at radius 1 is 0.640 bits per heavy atom. The monoisotopic (exact) mass is 364 g/mol. The van der Waals surface area contributed by atoms with Crippen LogP contribution in [0.3, 0.4) is 0 Å². The second-order valence-electron chi connectivity index (χ2n) is 7.12. The van der Waals surface area contributed by atoms with Crippen molar-refractivity contribution in [2.24, 2.45) is 0 Å². The SMILES string of the molecule is CCCCCCCCCCCCCCCCSc1ccc(OC)cc1. The fourth-order valence-corrected chi connectivity index (χ4v) is 4.07. The van der Waals surface area contributed by atoms with Crippen molar-refractivity contribution in [3.05, 3.63) is 24.3 Å². The standard InChI is InChI=1S/C23H40OS/c1-3-4-5-6-7-8-9-10-11-12-13-14-15-16-21-25-23-19-17-22(24-2)18-20-23/h17-20H,3-16,21H2,1-2H3. The molecule has 1 aromatic rings. The van der Waals surface area contributed by atoms with Gasteiger partial charge in [-0.05, 0) is 36.4 Å². The molecule has 0 unspecified atom stereocenters. The van der Waals surface area contributed by atoms with E-state index in [0.29, 0.717) is 0 Å². The maximum Gasteiger partial charge on any atom is 0.118 e. The van der Waals surface area contributed by atoms with Gasteiger partial charge in [0.15, 0.2) is 0 Å². The summed E-state index contributed by atoms with van der Waals surface area (Å²) in [5.41, 5.74) is 0. The van der Waals surface area contributed by atoms with E-state index in [-0.39, 0.29) is 0 Å². The molecule has 0 amide bonds. The number of thioether (sulfide) groups is 1. The number of benzene rings is 1. The molecule has 25 heavy (non-hydrogen) atoms. The smallest absolute Gasteiger partial charge is 0.118 e. The highest BCUT2D eigenvalue weighted by atomic mass is 32.2. The summed E-state index contributed by atoms with van der Waals surface area (Å²) in [6, 6.07) is 8.42. The molecule has 0 aliphatic carbocycles. The molecule has 1 aromatic carbocycles. The molecule has 0 N–H and O–H groups in total. The Morgan fingerprint density at radius 3 is 1.52 bits per heavy atom. The summed E-state index contributed by atoms with van der Waals surface area (Å²) in [6.45, 7) is 2.29. The van der Waals surface area contributed by atoms with E-state index in [1.165, 1.54) is 101 Å². The van der Waals surface area contributed by atoms with Crippen LogP contribution in [0.5, 0.6) is 5.75 Å². The lowest BCUT2D eigenvalue weighted by atomic mass is 10.0. The van der Waals surface area contributed by atoms with Crippen LogP contribution in [-0.2, 0) is 0 Å². The topological polar surface area (TPSA) is 9.23 Å². The second kappa shape index (κ2) is 16.8. The van der Waals surface area contributed by atoms with Crippen molar-refractivity contribution < 1.29 is 4.74 Å². The molecule has 0 aliphatic rings. The lowest BCUT2D eigenvalue weighted by Gasteiger charge is -2.04. The largest absolute Gasteiger partial charge is 0.497 e. The fraction of sp³-hybridized carbons (Fsp3) is 0.739. The first-order valence-electron chi connectivity index (χ1n) is 10.6. The van der Waals surface area contributed by atoms with Gasteiger partial charge in [0.1, 0.15) is 5.75 Å². The van der Waals surface area contributed by atoms with E-state index >= 15 is 0 Å². The van der Waals surface area contributed by atoms with Crippen molar-refractivity contribution in [3.63, 3.8) is 0 Å². The van der Waals surface area contributed by atoms with E-state index in [0.717, 1.165) is 5.75 Å². The number of hydrogen-bond donors (Lipinski definition) is 0. The zero-order chi connectivity index (χ0) is 18.0. The van der Waals surface area contributed by atoms with E-state index in [1.807, 2.05) is 23.9 Å². The van der Waals surface area contributed by atoms with Gasteiger partial charge in [0.25, 0.3) is 0 Å². The normalized spacial score (nSPS) is 11.0. The molecule has 0 radical (unpaired) electrons. The van der Waals surface area contributed by atoms with Gasteiger partial charge in [0.2, 0.25) is 0 Å². The lowest BCUT2D eigenvalue weighted by molar-refractivity contribution is 0.414. The van der Waals surface area contributed by atoms with E-state index < -0.39 is 0 Å². The zero-order valence-electron chi connectivity index (χ0n) is 16.7. The van der Waals surface area contributed by atoms with Crippen LogP contribution in [0.2, 0.25) is 0 Å². The number of ether oxygens (including phenoxy) is 1. The van der Waals surface area contributed by atoms with Crippen molar-refractivity contribution in [2.45, 2.75) is 102 Å². The minimum absolute atomic E-state index is 0.945. The summed E-state index contributed by atoms with van der Waals surface area (Å²) < 4.78 is 5.19. The van der Waals surface area contributed by atoms with Crippen molar-refractivity contribution in [1.29, 1.82) is 0 Å². The highest BCUT2D eigenvalue weighted by Gasteiger charge is 1.97. The van der Waals surface area contributed by atoms with E-state index in [4.69, 9.17) is 4.74 Å². The first-order chi connectivity index (χ1) is 12.4. The molecule has 0 atom stereocenters. The summed E-state index contributed by atoms with van der Waals surface area (Å²) >= 11 is 1.97. The van der Waals surface area contributed by atoms with Crippen molar-refractivity contribution in [3.8, 4) is 5.75 Å². The first-order valence-corrected chi connectivity index (χ1v) is 11.6. The van der Waals surface area contributed by atoms with Crippen LogP contribution in [-0.4, -0.2) is 12.9 Å². The van der Waals surface area contributed by atoms with E-state index in [1.54, 1.807) is 7.11 Å². The fourth-order valence-electron chi connectivity index (χ4n) is 3.16. The molecule has 0 bridgehead atoms. The molecule has 144 valence electrons. The summed E-state index contributed by atoms with van der Waals surface area (Å²) in [7, 11) is 1.72. The van der Waals surface area contributed by atoms with E-state index in [9.17, 15) is 0 Å². The van der Waals surface area contributed by atoms with Gasteiger partial charge in [-0.2, -0.15) is 0 Å². The van der Waals surface area contributed by atoms with Crippen LogP contribution in [0, 0.1) is 0 Å². The van der Waals surface area contributed by atoms with Crippen LogP contribution >= 0.6 is 11.8 Å². The van der Waals surface area contributed by atoms with Gasteiger partial charge in [-0.25, -0.2) is 0 Å². The molecule has 0 heterocycles. The van der Waals surface area contributed by atoms with Crippen LogP contribution in [0.1, 0.15) is 96.8 Å². The highest BCUT2D eigenvalue weighted by Crippen LogP contribution is 2.22. The maximum atomic E-state index is 5.19. The summed E-state index contributed by atoms with van der Waals surface area (Å²) in [5.74, 6) is 2.19. The molecule has 0 fully saturated rings. The quantitative estimate of drug-likeness (QED) is 0.203. The number of hydrogen-bond acceptors (Lipinski definition) is 2. The third-order valence-electron chi connectivity index (χ3n) is 4.83. The van der Waals surface area contributed by atoms with Crippen LogP contribution in [0.4, 0.5) is 0 Å². The van der Waals surface area contributed by atoms with Gasteiger partial charge in [-0.3, -0.25) is 0 Å². The Morgan fingerprint density at radius 2 is 1.08 bits per heavy atom. The molecule has 1 rings (SSSR count). The number of unbranched alkanes of at least 4 members (excludes halogenated alkanes) is 13. The van der Waals surface area contributed by atoms with Gasteiger partial charge in [-0.15, -0.1) is 11.8 Å². The molecule has 0 spiro atoms. The molecule has 0 aromatic heterocycles. The number of rotatable bonds is 17. The third kappa shape index (κ3) is 13.3. The maximum absolute atomic E-state index is 5.19. The van der Waals surface area contributed by atoms with Crippen molar-refractivity contribution in [2.75, 3.05) is 12.9 Å². The lowest BCUT2D eigenvalue weighted by Crippen LogP contribution is -1.85. The Hall–Kier alpha value is -0.630. The van der Waals surface area contributed by atoms with Gasteiger partial charge in [0.05, 0.1) is 7.11 Å². The predicted octanol–water partition coefficient (Wildman–Crippen LogP) is 8.27. The van der Waals surface area contributed by atoms with Gasteiger partial charge >= 0.3 is 0 Å². The van der Waals surface area contributed by atoms with Crippen LogP contribution in [0.25, 0.3) is 0 Å². The molecule has 0 saturated heterocycles. The van der Waals surface area contributed by atoms with Crippen LogP contribution in [0.15, 0.2) is 29.2 Å². The summed E-state index contributed by atoms with van der Waals surface area (Å²) in [6.07, 6.45) is 20.0. The summed E-state index contributed by atoms with van der Waals surface area (Å²) in [4.78, 5) is 1.36. The Labute approximate surface area is 161 Å². The molecule has 0 aliphatic heterocycles. The summed E-state index contributed by atoms with van der Waals surface area (Å²) in [5, 5.41) is 0. The third-order valence-corrected chi connectivity index (χ3v) is 5.92. The Balaban J connectivity index is 1.78. The minimum Gasteiger partial charge on any atom is -0.497 e. The zero-order valence-corrected chi connectivity index (χ0v) is 17.5. The highest BCUT2D eigenvalue weighted by molar-refractivity contribution is 7.99. The molecular formula is C23H40OS. The average Bonchev–Trinajstić information content (AvgIpc) is 2.65. The molecular weight excluding hydrogens is 324 g/mol.